The highest BCUT2D eigenvalue weighted by atomic mass is 32.1. The lowest BCUT2D eigenvalue weighted by Gasteiger charge is -2.26. The minimum atomic E-state index is -0.322. The molecule has 0 atom stereocenters. The largest absolute Gasteiger partial charge is 0.485 e. The van der Waals surface area contributed by atoms with Gasteiger partial charge in [0.05, 0.1) is 42.0 Å². The fraction of sp³-hybridized carbons (Fsp3) is 0.148. The van der Waals surface area contributed by atoms with Crippen LogP contribution in [0.3, 0.4) is 0 Å². The van der Waals surface area contributed by atoms with E-state index in [1.807, 2.05) is 119 Å². The van der Waals surface area contributed by atoms with Crippen LogP contribution in [-0.4, -0.2) is 64.7 Å². The third-order valence-electron chi connectivity index (χ3n) is 12.8. The minimum absolute atomic E-state index is 0.309. The van der Waals surface area contributed by atoms with Crippen LogP contribution in [0, 0.1) is 0 Å². The molecule has 12 nitrogen and oxygen atoms in total. The lowest BCUT2D eigenvalue weighted by molar-refractivity contribution is -0.115. The van der Waals surface area contributed by atoms with Gasteiger partial charge < -0.3 is 37.9 Å². The van der Waals surface area contributed by atoms with Crippen molar-refractivity contribution in [2.45, 2.75) is 0 Å². The van der Waals surface area contributed by atoms with Gasteiger partial charge in [-0.15, -0.1) is 45.3 Å². The summed E-state index contributed by atoms with van der Waals surface area (Å²) in [5.74, 6) is 5.16. The average molecular weight is 1000 g/mol. The van der Waals surface area contributed by atoms with Crippen LogP contribution in [0.25, 0.3) is 53.2 Å². The number of ether oxygens (including phenoxy) is 8. The van der Waals surface area contributed by atoms with Gasteiger partial charge in [-0.2, -0.15) is 0 Å². The Morgan fingerprint density at radius 1 is 0.314 bits per heavy atom. The number of thiophene rings is 4. The summed E-state index contributed by atoms with van der Waals surface area (Å²) in [7, 11) is 0. The summed E-state index contributed by atoms with van der Waals surface area (Å²) in [6.45, 7) is 3.88. The Morgan fingerprint density at radius 2 is 0.557 bits per heavy atom. The highest BCUT2D eigenvalue weighted by Gasteiger charge is 2.50. The molecule has 4 aromatic carbocycles. The molecule has 14 rings (SSSR count). The molecule has 70 heavy (non-hydrogen) atoms. The van der Waals surface area contributed by atoms with Crippen LogP contribution in [0.5, 0.6) is 46.0 Å². The molecule has 0 spiro atoms. The molecule has 8 aromatic rings. The van der Waals surface area contributed by atoms with Crippen molar-refractivity contribution < 1.29 is 47.5 Å². The SMILES string of the molecule is O=C1C2=C(c3ccc(-c4scc5c4OCCO5)cc3)N(c3ccc(-c4scc5c4OCCO5)cc3)C(=O)C2=C(c2ccc(-c3scc4c3OCCO4)cc2)N1c1ccc(-c2scc3c2OCCO3)cc1. The summed E-state index contributed by atoms with van der Waals surface area (Å²) in [5.41, 5.74) is 7.91. The van der Waals surface area contributed by atoms with E-state index in [1.54, 1.807) is 55.1 Å². The zero-order valence-corrected chi connectivity index (χ0v) is 40.1. The predicted octanol–water partition coefficient (Wildman–Crippen LogP) is 11.9. The summed E-state index contributed by atoms with van der Waals surface area (Å²) < 4.78 is 47.6. The van der Waals surface area contributed by atoms with Crippen LogP contribution in [0.4, 0.5) is 11.4 Å². The zero-order chi connectivity index (χ0) is 46.5. The van der Waals surface area contributed by atoms with Gasteiger partial charge in [-0.25, -0.2) is 0 Å². The molecule has 0 saturated heterocycles. The van der Waals surface area contributed by atoms with Crippen LogP contribution in [0.1, 0.15) is 11.1 Å². The van der Waals surface area contributed by atoms with E-state index in [9.17, 15) is 0 Å². The van der Waals surface area contributed by atoms with Gasteiger partial charge >= 0.3 is 0 Å². The average Bonchev–Trinajstić information content (AvgIpc) is 4.29. The van der Waals surface area contributed by atoms with Crippen molar-refractivity contribution >= 4 is 79.9 Å². The monoisotopic (exact) mass is 1000 g/mol. The van der Waals surface area contributed by atoms with E-state index in [4.69, 9.17) is 37.9 Å². The first-order valence-electron chi connectivity index (χ1n) is 22.6. The summed E-state index contributed by atoms with van der Waals surface area (Å²) in [6, 6.07) is 31.6. The Morgan fingerprint density at radius 3 is 0.843 bits per heavy atom. The predicted molar refractivity (Wildman–Crippen MR) is 272 cm³/mol. The number of benzene rings is 4. The lowest BCUT2D eigenvalue weighted by atomic mass is 10.00. The first-order chi connectivity index (χ1) is 34.6. The molecule has 6 aliphatic rings. The molecule has 16 heteroatoms. The molecule has 0 fully saturated rings. The maximum Gasteiger partial charge on any atom is 0.265 e. The number of carbonyl (C=O) groups excluding carboxylic acids is 2. The molecular weight excluding hydrogens is 965 g/mol. The number of rotatable bonds is 8. The highest BCUT2D eigenvalue weighted by molar-refractivity contribution is 7.15. The smallest absolute Gasteiger partial charge is 0.265 e. The standard InChI is InChI=1S/C54H36N2O10S4/c57-53-41-42(44(30-3-7-32(8-4-30)50-46-38(26-68-50)60-18-22-64-46)56(53)36-15-11-34(12-16-36)52-48-40(28-70-52)62-20-24-66-48)54(58)55(35-13-9-33(10-14-35)51-47-39(27-69-51)61-19-23-65-47)43(41)29-1-5-31(6-2-29)49-45-37(25-67-49)59-17-21-63-45/h1-16,25-28H,17-24H2. The molecule has 10 heterocycles. The third-order valence-corrected chi connectivity index (χ3v) is 16.8. The molecule has 0 aliphatic carbocycles. The summed E-state index contributed by atoms with van der Waals surface area (Å²) in [5, 5.41) is 7.84. The van der Waals surface area contributed by atoms with Gasteiger partial charge in [-0.05, 0) is 57.6 Å². The van der Waals surface area contributed by atoms with Crippen molar-refractivity contribution in [1.29, 1.82) is 0 Å². The summed E-state index contributed by atoms with van der Waals surface area (Å²) in [4.78, 5) is 38.5. The van der Waals surface area contributed by atoms with Crippen molar-refractivity contribution in [2.75, 3.05) is 62.7 Å². The molecule has 0 N–H and O–H groups in total. The minimum Gasteiger partial charge on any atom is -0.485 e. The molecule has 0 unspecified atom stereocenters. The highest BCUT2D eigenvalue weighted by Crippen LogP contribution is 2.54. The summed E-state index contributed by atoms with van der Waals surface area (Å²) >= 11 is 6.20. The Kier molecular flexibility index (Phi) is 9.83. The van der Waals surface area contributed by atoms with Gasteiger partial charge in [0.15, 0.2) is 46.0 Å². The van der Waals surface area contributed by atoms with Crippen LogP contribution < -0.4 is 47.7 Å². The topological polar surface area (TPSA) is 114 Å². The van der Waals surface area contributed by atoms with Gasteiger partial charge in [-0.1, -0.05) is 72.8 Å². The molecular formula is C54H36N2O10S4. The molecule has 0 bridgehead atoms. The van der Waals surface area contributed by atoms with Gasteiger partial charge in [0, 0.05) is 32.9 Å². The van der Waals surface area contributed by atoms with Crippen LogP contribution in [-0.2, 0) is 9.59 Å². The van der Waals surface area contributed by atoms with Crippen LogP contribution >= 0.6 is 45.3 Å². The van der Waals surface area contributed by atoms with Crippen molar-refractivity contribution in [3.05, 3.63) is 141 Å². The second-order valence-electron chi connectivity index (χ2n) is 16.8. The lowest BCUT2D eigenvalue weighted by Crippen LogP contribution is -2.29. The van der Waals surface area contributed by atoms with E-state index < -0.39 is 0 Å². The number of fused-ring (bicyclic) bond motifs is 5. The van der Waals surface area contributed by atoms with E-state index in [2.05, 4.69) is 0 Å². The number of hydrogen-bond donors (Lipinski definition) is 0. The van der Waals surface area contributed by atoms with Crippen LogP contribution in [0.2, 0.25) is 0 Å². The van der Waals surface area contributed by atoms with Gasteiger partial charge in [0.2, 0.25) is 0 Å². The van der Waals surface area contributed by atoms with Crippen molar-refractivity contribution in [3.8, 4) is 87.8 Å². The number of amides is 2. The van der Waals surface area contributed by atoms with Crippen molar-refractivity contribution in [1.82, 2.24) is 0 Å². The fourth-order valence-corrected chi connectivity index (χ4v) is 13.4. The van der Waals surface area contributed by atoms with Gasteiger partial charge in [0.1, 0.15) is 52.9 Å². The second-order valence-corrected chi connectivity index (χ2v) is 20.3. The molecule has 346 valence electrons. The number of hydrogen-bond acceptors (Lipinski definition) is 14. The first kappa shape index (κ1) is 41.5. The number of anilines is 2. The van der Waals surface area contributed by atoms with Crippen molar-refractivity contribution in [3.63, 3.8) is 0 Å². The molecule has 6 aliphatic heterocycles. The zero-order valence-electron chi connectivity index (χ0n) is 36.8. The first-order valence-corrected chi connectivity index (χ1v) is 26.2. The normalized spacial score (nSPS) is 16.6. The maximum atomic E-state index is 15.7. The Bertz CT molecular complexity index is 3260. The molecule has 0 radical (unpaired) electrons. The summed E-state index contributed by atoms with van der Waals surface area (Å²) in [6.07, 6.45) is 0. The molecule has 2 amide bonds. The van der Waals surface area contributed by atoms with E-state index in [-0.39, 0.29) is 11.8 Å². The number of nitrogens with zero attached hydrogens (tertiary/aromatic N) is 2. The Balaban J connectivity index is 0.922. The second kappa shape index (κ2) is 16.6. The quantitative estimate of drug-likeness (QED) is 0.146. The van der Waals surface area contributed by atoms with E-state index >= 15 is 9.59 Å². The molecule has 4 aromatic heterocycles. The van der Waals surface area contributed by atoms with E-state index in [0.717, 1.165) is 87.8 Å². The van der Waals surface area contributed by atoms with Gasteiger partial charge in [0.25, 0.3) is 11.8 Å². The maximum absolute atomic E-state index is 15.7. The third kappa shape index (κ3) is 6.57. The Labute approximate surface area is 416 Å². The Hall–Kier alpha value is -7.50. The number of carbonyl (C=O) groups is 2. The van der Waals surface area contributed by atoms with E-state index in [0.29, 0.717) is 97.9 Å². The fourth-order valence-electron chi connectivity index (χ4n) is 9.67. The van der Waals surface area contributed by atoms with Gasteiger partial charge in [-0.3, -0.25) is 19.4 Å². The van der Waals surface area contributed by atoms with Crippen molar-refractivity contribution in [2.24, 2.45) is 0 Å². The van der Waals surface area contributed by atoms with E-state index in [1.165, 1.54) is 0 Å². The van der Waals surface area contributed by atoms with Crippen LogP contribution in [0.15, 0.2) is 130 Å². The molecule has 0 saturated carbocycles.